The fraction of sp³-hybridized carbons (Fsp3) is 0.0870. The lowest BCUT2D eigenvalue weighted by molar-refractivity contribution is 0.103. The zero-order valence-electron chi connectivity index (χ0n) is 17.1. The summed E-state index contributed by atoms with van der Waals surface area (Å²) in [7, 11) is 3.19. The van der Waals surface area contributed by atoms with Crippen molar-refractivity contribution >= 4 is 55.3 Å². The normalized spacial score (nSPS) is 10.9. The minimum atomic E-state index is -0.185. The monoisotopic (exact) mass is 479 g/mol. The molecule has 0 bridgehead atoms. The summed E-state index contributed by atoms with van der Waals surface area (Å²) in [6, 6.07) is 17.4. The molecule has 32 heavy (non-hydrogen) atoms. The lowest BCUT2D eigenvalue weighted by Gasteiger charge is -2.08. The number of hydrogen-bond acceptors (Lipinski definition) is 8. The van der Waals surface area contributed by atoms with Crippen LogP contribution in [0.25, 0.3) is 31.4 Å². The molecule has 0 saturated heterocycles. The predicted octanol–water partition coefficient (Wildman–Crippen LogP) is 6.42. The van der Waals surface area contributed by atoms with Crippen LogP contribution in [-0.4, -0.2) is 30.1 Å². The van der Waals surface area contributed by atoms with Gasteiger partial charge in [0.2, 0.25) is 0 Å². The lowest BCUT2D eigenvalue weighted by Crippen LogP contribution is -2.09. The van der Waals surface area contributed by atoms with Crippen LogP contribution in [0, 0.1) is 0 Å². The van der Waals surface area contributed by atoms with Gasteiger partial charge in [0.1, 0.15) is 5.01 Å². The maximum Gasteiger partial charge on any atom is 0.267 e. The highest BCUT2D eigenvalue weighted by Crippen LogP contribution is 2.36. The molecule has 0 aliphatic rings. The SMILES string of the molecule is COc1ccc(-c2csc(NC(=O)c3ccc(-c4nc5ccccc5s4)s3)n2)cc1OC. The number of para-hydroxylation sites is 1. The van der Waals surface area contributed by atoms with Crippen LogP contribution in [0.2, 0.25) is 0 Å². The highest BCUT2D eigenvalue weighted by atomic mass is 32.1. The quantitative estimate of drug-likeness (QED) is 0.304. The molecule has 0 aliphatic carbocycles. The van der Waals surface area contributed by atoms with Crippen LogP contribution in [0.15, 0.2) is 60.0 Å². The van der Waals surface area contributed by atoms with Crippen LogP contribution in [0.3, 0.4) is 0 Å². The molecule has 0 aliphatic heterocycles. The van der Waals surface area contributed by atoms with E-state index in [0.29, 0.717) is 21.5 Å². The first kappa shape index (κ1) is 20.6. The van der Waals surface area contributed by atoms with E-state index in [4.69, 9.17) is 9.47 Å². The Labute approximate surface area is 196 Å². The van der Waals surface area contributed by atoms with Gasteiger partial charge < -0.3 is 9.47 Å². The number of amides is 1. The molecule has 1 amide bonds. The van der Waals surface area contributed by atoms with Crippen molar-refractivity contribution in [3.05, 3.63) is 64.9 Å². The largest absolute Gasteiger partial charge is 0.493 e. The van der Waals surface area contributed by atoms with Gasteiger partial charge in [-0.15, -0.1) is 34.0 Å². The number of aromatic nitrogens is 2. The van der Waals surface area contributed by atoms with E-state index in [9.17, 15) is 4.79 Å². The van der Waals surface area contributed by atoms with Gasteiger partial charge >= 0.3 is 0 Å². The average molecular weight is 480 g/mol. The Kier molecular flexibility index (Phi) is 5.60. The minimum Gasteiger partial charge on any atom is -0.493 e. The first-order valence-corrected chi connectivity index (χ1v) is 12.1. The Hall–Kier alpha value is -3.27. The van der Waals surface area contributed by atoms with E-state index >= 15 is 0 Å². The smallest absolute Gasteiger partial charge is 0.267 e. The average Bonchev–Trinajstić information content (AvgIpc) is 3.57. The molecule has 1 N–H and O–H groups in total. The Morgan fingerprint density at radius 2 is 1.78 bits per heavy atom. The molecule has 160 valence electrons. The van der Waals surface area contributed by atoms with Gasteiger partial charge in [0.15, 0.2) is 16.6 Å². The molecule has 0 saturated carbocycles. The Morgan fingerprint density at radius 3 is 2.59 bits per heavy atom. The van der Waals surface area contributed by atoms with Crippen molar-refractivity contribution in [1.29, 1.82) is 0 Å². The number of methoxy groups -OCH3 is 2. The number of fused-ring (bicyclic) bond motifs is 1. The van der Waals surface area contributed by atoms with Crippen LogP contribution in [0.1, 0.15) is 9.67 Å². The zero-order valence-corrected chi connectivity index (χ0v) is 19.6. The number of anilines is 1. The van der Waals surface area contributed by atoms with E-state index in [0.717, 1.165) is 31.4 Å². The van der Waals surface area contributed by atoms with Crippen LogP contribution in [-0.2, 0) is 0 Å². The van der Waals surface area contributed by atoms with Gasteiger partial charge in [-0.25, -0.2) is 9.97 Å². The van der Waals surface area contributed by atoms with Gasteiger partial charge in [0.05, 0.1) is 39.9 Å². The topological polar surface area (TPSA) is 73.3 Å². The standard InChI is InChI=1S/C23H17N3O3S3/c1-28-16-8-7-13(11-17(16)29-2)15-12-30-23(25-15)26-21(27)19-9-10-20(31-19)22-24-14-5-3-4-6-18(14)32-22/h3-12H,1-2H3,(H,25,26,27). The summed E-state index contributed by atoms with van der Waals surface area (Å²) in [5, 5.41) is 6.25. The number of ether oxygens (including phenoxy) is 2. The lowest BCUT2D eigenvalue weighted by atomic mass is 10.1. The van der Waals surface area contributed by atoms with Gasteiger partial charge in [0.25, 0.3) is 5.91 Å². The maximum atomic E-state index is 12.8. The van der Waals surface area contributed by atoms with Crippen molar-refractivity contribution in [3.8, 4) is 32.6 Å². The summed E-state index contributed by atoms with van der Waals surface area (Å²) in [5.74, 6) is 1.10. The third-order valence-corrected chi connectivity index (χ3v) is 7.79. The Bertz CT molecular complexity index is 1390. The molecule has 5 rings (SSSR count). The predicted molar refractivity (Wildman–Crippen MR) is 132 cm³/mol. The Morgan fingerprint density at radius 1 is 0.938 bits per heavy atom. The summed E-state index contributed by atoms with van der Waals surface area (Å²) >= 11 is 4.42. The molecule has 3 aromatic heterocycles. The number of thiazole rings is 2. The molecule has 0 unspecified atom stereocenters. The maximum absolute atomic E-state index is 12.8. The molecule has 5 aromatic rings. The molecule has 0 spiro atoms. The molecule has 2 aromatic carbocycles. The number of thiophene rings is 1. The first-order chi connectivity index (χ1) is 15.6. The van der Waals surface area contributed by atoms with Crippen molar-refractivity contribution in [3.63, 3.8) is 0 Å². The van der Waals surface area contributed by atoms with Crippen molar-refractivity contribution < 1.29 is 14.3 Å². The second-order valence-electron chi connectivity index (χ2n) is 6.71. The Balaban J connectivity index is 1.32. The van der Waals surface area contributed by atoms with Crippen LogP contribution in [0.4, 0.5) is 5.13 Å². The number of carbonyl (C=O) groups is 1. The molecule has 0 atom stereocenters. The summed E-state index contributed by atoms with van der Waals surface area (Å²) in [6.07, 6.45) is 0. The van der Waals surface area contributed by atoms with Crippen LogP contribution in [0.5, 0.6) is 11.5 Å². The molecular weight excluding hydrogens is 462 g/mol. The van der Waals surface area contributed by atoms with E-state index in [1.807, 2.05) is 53.9 Å². The highest BCUT2D eigenvalue weighted by molar-refractivity contribution is 7.26. The fourth-order valence-corrected chi connectivity index (χ4v) is 5.81. The summed E-state index contributed by atoms with van der Waals surface area (Å²) in [4.78, 5) is 23.6. The van der Waals surface area contributed by atoms with Crippen molar-refractivity contribution in [2.75, 3.05) is 19.5 Å². The second kappa shape index (κ2) is 8.70. The van der Waals surface area contributed by atoms with Crippen molar-refractivity contribution in [1.82, 2.24) is 9.97 Å². The van der Waals surface area contributed by atoms with Gasteiger partial charge in [-0.3, -0.25) is 10.1 Å². The first-order valence-electron chi connectivity index (χ1n) is 9.59. The van der Waals surface area contributed by atoms with Gasteiger partial charge in [-0.2, -0.15) is 0 Å². The number of benzene rings is 2. The summed E-state index contributed by atoms with van der Waals surface area (Å²) in [5.41, 5.74) is 2.61. The molecular formula is C23H17N3O3S3. The summed E-state index contributed by atoms with van der Waals surface area (Å²) in [6.45, 7) is 0. The molecule has 3 heterocycles. The third-order valence-electron chi connectivity index (χ3n) is 4.74. The number of nitrogens with one attached hydrogen (secondary N) is 1. The third kappa shape index (κ3) is 3.97. The van der Waals surface area contributed by atoms with Crippen LogP contribution >= 0.6 is 34.0 Å². The van der Waals surface area contributed by atoms with Crippen molar-refractivity contribution in [2.24, 2.45) is 0 Å². The van der Waals surface area contributed by atoms with Crippen LogP contribution < -0.4 is 14.8 Å². The number of carbonyl (C=O) groups excluding carboxylic acids is 1. The molecule has 9 heteroatoms. The molecule has 0 fully saturated rings. The van der Waals surface area contributed by atoms with E-state index < -0.39 is 0 Å². The van der Waals surface area contributed by atoms with E-state index in [1.54, 1.807) is 25.6 Å². The fourth-order valence-electron chi connectivity index (χ4n) is 3.17. The zero-order chi connectivity index (χ0) is 22.1. The second-order valence-corrected chi connectivity index (χ2v) is 9.68. The van der Waals surface area contributed by atoms with Gasteiger partial charge in [-0.05, 0) is 42.5 Å². The number of hydrogen-bond donors (Lipinski definition) is 1. The summed E-state index contributed by atoms with van der Waals surface area (Å²) < 4.78 is 11.8. The van der Waals surface area contributed by atoms with Gasteiger partial charge in [0, 0.05) is 10.9 Å². The van der Waals surface area contributed by atoms with Gasteiger partial charge in [-0.1, -0.05) is 12.1 Å². The minimum absolute atomic E-state index is 0.185. The number of rotatable bonds is 6. The molecule has 0 radical (unpaired) electrons. The van der Waals surface area contributed by atoms with Crippen molar-refractivity contribution in [2.45, 2.75) is 0 Å². The van der Waals surface area contributed by atoms with E-state index in [1.165, 1.54) is 22.7 Å². The number of nitrogens with zero attached hydrogens (tertiary/aromatic N) is 2. The van der Waals surface area contributed by atoms with E-state index in [2.05, 4.69) is 21.4 Å². The highest BCUT2D eigenvalue weighted by Gasteiger charge is 2.15. The van der Waals surface area contributed by atoms with E-state index in [-0.39, 0.29) is 5.91 Å². The molecule has 6 nitrogen and oxygen atoms in total.